The summed E-state index contributed by atoms with van der Waals surface area (Å²) in [6.07, 6.45) is 3.31. The van der Waals surface area contributed by atoms with Gasteiger partial charge in [0.05, 0.1) is 18.4 Å². The lowest BCUT2D eigenvalue weighted by molar-refractivity contribution is 0.748. The number of hydrogen-bond donors (Lipinski definition) is 1. The van der Waals surface area contributed by atoms with Crippen molar-refractivity contribution in [2.24, 2.45) is 0 Å². The van der Waals surface area contributed by atoms with Crippen molar-refractivity contribution >= 4 is 27.4 Å². The van der Waals surface area contributed by atoms with Gasteiger partial charge >= 0.3 is 0 Å². The summed E-state index contributed by atoms with van der Waals surface area (Å²) in [5.41, 5.74) is 1.71. The molecular weight excluding hydrogens is 260 g/mol. The first kappa shape index (κ1) is 11.9. The number of anilines is 1. The van der Waals surface area contributed by atoms with Gasteiger partial charge in [0.15, 0.2) is 0 Å². The molecule has 0 radical (unpaired) electrons. The van der Waals surface area contributed by atoms with Crippen LogP contribution < -0.4 is 10.9 Å². The Balaban J connectivity index is 2.06. The van der Waals surface area contributed by atoms with Crippen LogP contribution in [0.2, 0.25) is 0 Å². The van der Waals surface area contributed by atoms with Crippen molar-refractivity contribution in [3.05, 3.63) is 52.0 Å². The topological polar surface area (TPSA) is 59.8 Å². The van der Waals surface area contributed by atoms with E-state index in [4.69, 9.17) is 0 Å². The molecule has 3 aromatic rings. The number of aromatic nitrogens is 3. The summed E-state index contributed by atoms with van der Waals surface area (Å²) < 4.78 is 2.30. The molecule has 0 fully saturated rings. The summed E-state index contributed by atoms with van der Waals surface area (Å²) >= 11 is 1.42. The van der Waals surface area contributed by atoms with Crippen LogP contribution in [0.5, 0.6) is 0 Å². The molecule has 1 N–H and O–H groups in total. The first-order chi connectivity index (χ1) is 9.29. The highest BCUT2D eigenvalue weighted by molar-refractivity contribution is 7.17. The van der Waals surface area contributed by atoms with Crippen LogP contribution in [0.1, 0.15) is 5.56 Å². The highest BCUT2D eigenvalue weighted by atomic mass is 32.1. The summed E-state index contributed by atoms with van der Waals surface area (Å²) in [5.74, 6) is 0.778. The van der Waals surface area contributed by atoms with Crippen molar-refractivity contribution in [2.45, 2.75) is 6.54 Å². The minimum absolute atomic E-state index is 0.00842. The van der Waals surface area contributed by atoms with E-state index in [1.54, 1.807) is 17.1 Å². The van der Waals surface area contributed by atoms with Crippen LogP contribution >= 0.6 is 11.3 Å². The van der Waals surface area contributed by atoms with Crippen molar-refractivity contribution in [3.8, 4) is 0 Å². The van der Waals surface area contributed by atoms with Crippen LogP contribution in [0.4, 0.5) is 5.82 Å². The SMILES string of the molecule is CNc1ncccc1Cn1cnc2ccsc2c1=O. The van der Waals surface area contributed by atoms with E-state index in [1.165, 1.54) is 11.3 Å². The maximum absolute atomic E-state index is 12.3. The molecular formula is C13H12N4OS. The molecule has 96 valence electrons. The lowest BCUT2D eigenvalue weighted by Crippen LogP contribution is -2.20. The van der Waals surface area contributed by atoms with Gasteiger partial charge in [0.25, 0.3) is 5.56 Å². The molecule has 5 nitrogen and oxygen atoms in total. The monoisotopic (exact) mass is 272 g/mol. The van der Waals surface area contributed by atoms with Gasteiger partial charge in [-0.3, -0.25) is 9.36 Å². The Morgan fingerprint density at radius 2 is 2.26 bits per heavy atom. The predicted octanol–water partition coefficient (Wildman–Crippen LogP) is 1.94. The number of pyridine rings is 1. The largest absolute Gasteiger partial charge is 0.373 e. The van der Waals surface area contributed by atoms with Gasteiger partial charge in [-0.15, -0.1) is 11.3 Å². The van der Waals surface area contributed by atoms with Crippen molar-refractivity contribution in [1.82, 2.24) is 14.5 Å². The summed E-state index contributed by atoms with van der Waals surface area (Å²) in [5, 5.41) is 4.90. The molecule has 0 bridgehead atoms. The Morgan fingerprint density at radius 3 is 3.11 bits per heavy atom. The molecule has 0 aliphatic rings. The molecule has 0 spiro atoms. The van der Waals surface area contributed by atoms with Crippen LogP contribution in [0.3, 0.4) is 0 Å². The fourth-order valence-electron chi connectivity index (χ4n) is 1.97. The maximum Gasteiger partial charge on any atom is 0.271 e. The second-order valence-electron chi connectivity index (χ2n) is 4.07. The van der Waals surface area contributed by atoms with Gasteiger partial charge in [-0.25, -0.2) is 9.97 Å². The molecule has 0 saturated carbocycles. The zero-order chi connectivity index (χ0) is 13.2. The van der Waals surface area contributed by atoms with E-state index in [-0.39, 0.29) is 5.56 Å². The highest BCUT2D eigenvalue weighted by Gasteiger charge is 2.08. The van der Waals surface area contributed by atoms with E-state index < -0.39 is 0 Å². The Hall–Kier alpha value is -2.21. The standard InChI is InChI=1S/C13H12N4OS/c1-14-12-9(3-2-5-15-12)7-17-8-16-10-4-6-19-11(10)13(17)18/h2-6,8H,7H2,1H3,(H,14,15). The van der Waals surface area contributed by atoms with Gasteiger partial charge in [-0.2, -0.15) is 0 Å². The third-order valence-corrected chi connectivity index (χ3v) is 3.80. The minimum atomic E-state index is -0.00842. The average molecular weight is 272 g/mol. The molecule has 0 aliphatic heterocycles. The molecule has 0 aromatic carbocycles. The maximum atomic E-state index is 12.3. The molecule has 6 heteroatoms. The third kappa shape index (κ3) is 2.10. The van der Waals surface area contributed by atoms with E-state index in [0.717, 1.165) is 16.9 Å². The van der Waals surface area contributed by atoms with Gasteiger partial charge < -0.3 is 5.32 Å². The summed E-state index contributed by atoms with van der Waals surface area (Å²) in [6, 6.07) is 5.66. The van der Waals surface area contributed by atoms with E-state index in [2.05, 4.69) is 15.3 Å². The smallest absolute Gasteiger partial charge is 0.271 e. The molecule has 3 aromatic heterocycles. The number of nitrogens with zero attached hydrogens (tertiary/aromatic N) is 3. The van der Waals surface area contributed by atoms with Gasteiger partial charge in [0.1, 0.15) is 10.5 Å². The molecule has 0 atom stereocenters. The Labute approximate surface area is 113 Å². The highest BCUT2D eigenvalue weighted by Crippen LogP contribution is 2.15. The van der Waals surface area contributed by atoms with Crippen molar-refractivity contribution < 1.29 is 0 Å². The fraction of sp³-hybridized carbons (Fsp3) is 0.154. The lowest BCUT2D eigenvalue weighted by Gasteiger charge is -2.09. The second kappa shape index (κ2) is 4.81. The molecule has 0 aliphatic carbocycles. The summed E-state index contributed by atoms with van der Waals surface area (Å²) in [7, 11) is 1.81. The van der Waals surface area contributed by atoms with E-state index in [1.807, 2.05) is 30.6 Å². The van der Waals surface area contributed by atoms with Crippen molar-refractivity contribution in [1.29, 1.82) is 0 Å². The quantitative estimate of drug-likeness (QED) is 0.791. The molecule has 3 heterocycles. The van der Waals surface area contributed by atoms with E-state index in [0.29, 0.717) is 11.2 Å². The van der Waals surface area contributed by atoms with Crippen LogP contribution in [0.25, 0.3) is 10.2 Å². The van der Waals surface area contributed by atoms with Gasteiger partial charge in [0, 0.05) is 18.8 Å². The minimum Gasteiger partial charge on any atom is -0.373 e. The molecule has 0 saturated heterocycles. The Morgan fingerprint density at radius 1 is 1.37 bits per heavy atom. The van der Waals surface area contributed by atoms with E-state index >= 15 is 0 Å². The number of thiophene rings is 1. The number of fused-ring (bicyclic) bond motifs is 1. The molecule has 19 heavy (non-hydrogen) atoms. The Kier molecular flexibility index (Phi) is 3.00. The number of rotatable bonds is 3. The number of hydrogen-bond acceptors (Lipinski definition) is 5. The fourth-order valence-corrected chi connectivity index (χ4v) is 2.76. The first-order valence-corrected chi connectivity index (χ1v) is 6.72. The Bertz CT molecular complexity index is 777. The molecule has 0 unspecified atom stereocenters. The molecule has 3 rings (SSSR count). The lowest BCUT2D eigenvalue weighted by atomic mass is 10.2. The first-order valence-electron chi connectivity index (χ1n) is 5.84. The normalized spacial score (nSPS) is 10.8. The third-order valence-electron chi connectivity index (χ3n) is 2.90. The summed E-state index contributed by atoms with van der Waals surface area (Å²) in [4.78, 5) is 20.8. The van der Waals surface area contributed by atoms with Crippen molar-refractivity contribution in [2.75, 3.05) is 12.4 Å². The van der Waals surface area contributed by atoms with Crippen LogP contribution in [0, 0.1) is 0 Å². The zero-order valence-corrected chi connectivity index (χ0v) is 11.1. The zero-order valence-electron chi connectivity index (χ0n) is 10.3. The van der Waals surface area contributed by atoms with E-state index in [9.17, 15) is 4.79 Å². The van der Waals surface area contributed by atoms with Crippen LogP contribution in [-0.2, 0) is 6.54 Å². The molecule has 0 amide bonds. The van der Waals surface area contributed by atoms with Gasteiger partial charge in [-0.1, -0.05) is 6.07 Å². The summed E-state index contributed by atoms with van der Waals surface area (Å²) in [6.45, 7) is 0.462. The van der Waals surface area contributed by atoms with Gasteiger partial charge in [0.2, 0.25) is 0 Å². The average Bonchev–Trinajstić information content (AvgIpc) is 2.92. The van der Waals surface area contributed by atoms with Gasteiger partial charge in [-0.05, 0) is 17.5 Å². The predicted molar refractivity (Wildman–Crippen MR) is 76.8 cm³/mol. The number of nitrogens with one attached hydrogen (secondary N) is 1. The second-order valence-corrected chi connectivity index (χ2v) is 4.99. The van der Waals surface area contributed by atoms with Crippen molar-refractivity contribution in [3.63, 3.8) is 0 Å². The van der Waals surface area contributed by atoms with Crippen LogP contribution in [-0.4, -0.2) is 21.6 Å². The van der Waals surface area contributed by atoms with Crippen LogP contribution in [0.15, 0.2) is 40.9 Å².